The van der Waals surface area contributed by atoms with Crippen LogP contribution < -0.4 is 0 Å². The predicted octanol–water partition coefficient (Wildman–Crippen LogP) is 4.54. The summed E-state index contributed by atoms with van der Waals surface area (Å²) in [6.45, 7) is 8.38. The lowest BCUT2D eigenvalue weighted by Crippen LogP contribution is -2.51. The van der Waals surface area contributed by atoms with E-state index in [0.717, 1.165) is 32.4 Å². The van der Waals surface area contributed by atoms with Crippen molar-refractivity contribution in [2.45, 2.75) is 63.6 Å². The number of rotatable bonds is 6. The number of fused-ring (bicyclic) bond motifs is 1. The second-order valence-corrected chi connectivity index (χ2v) is 11.1. The van der Waals surface area contributed by atoms with E-state index >= 15 is 0 Å². The number of hydrogen-bond acceptors (Lipinski definition) is 5. The maximum atomic E-state index is 13.3. The summed E-state index contributed by atoms with van der Waals surface area (Å²) < 4.78 is 5.83. The summed E-state index contributed by atoms with van der Waals surface area (Å²) in [4.78, 5) is 44.3. The molecule has 3 amide bonds. The average Bonchev–Trinajstić information content (AvgIpc) is 3.60. The van der Waals surface area contributed by atoms with Crippen LogP contribution in [-0.4, -0.2) is 76.5 Å². The number of nitrogens with zero attached hydrogens (tertiary/aromatic N) is 3. The van der Waals surface area contributed by atoms with E-state index in [0.29, 0.717) is 30.1 Å². The first-order chi connectivity index (χ1) is 17.2. The highest BCUT2D eigenvalue weighted by Crippen LogP contribution is 2.46. The highest BCUT2D eigenvalue weighted by atomic mass is 16.6. The molecule has 0 bridgehead atoms. The minimum absolute atomic E-state index is 0.120. The van der Waals surface area contributed by atoms with E-state index in [4.69, 9.17) is 4.74 Å². The third-order valence-electron chi connectivity index (χ3n) is 7.41. The lowest BCUT2D eigenvalue weighted by molar-refractivity contribution is 0.00480. The number of imide groups is 1. The van der Waals surface area contributed by atoms with E-state index in [2.05, 4.69) is 29.2 Å². The number of carbonyl (C=O) groups is 3. The van der Waals surface area contributed by atoms with Gasteiger partial charge in [-0.15, -0.1) is 0 Å². The Kier molecular flexibility index (Phi) is 6.60. The third kappa shape index (κ3) is 5.03. The summed E-state index contributed by atoms with van der Waals surface area (Å²) in [6.07, 6.45) is 2.43. The van der Waals surface area contributed by atoms with Crippen molar-refractivity contribution in [3.63, 3.8) is 0 Å². The zero-order chi connectivity index (χ0) is 25.4. The molecule has 0 spiro atoms. The van der Waals surface area contributed by atoms with Crippen LogP contribution in [0.5, 0.6) is 0 Å². The van der Waals surface area contributed by atoms with Crippen LogP contribution in [0.4, 0.5) is 4.79 Å². The van der Waals surface area contributed by atoms with Crippen molar-refractivity contribution in [1.29, 1.82) is 0 Å². The maximum Gasteiger partial charge on any atom is 0.410 e. The SMILES string of the molecule is CC(C)(C)OC(=O)N(C1CCN(CCN2C(=O)c3ccccc3C2=O)CC1)[C@@H]1C[C@H]1c1ccccc1. The Morgan fingerprint density at radius 1 is 0.917 bits per heavy atom. The molecule has 7 nitrogen and oxygen atoms in total. The van der Waals surface area contributed by atoms with Crippen LogP contribution in [0.1, 0.15) is 72.2 Å². The van der Waals surface area contributed by atoms with Gasteiger partial charge in [-0.25, -0.2) is 4.79 Å². The molecule has 7 heteroatoms. The molecule has 2 aromatic rings. The van der Waals surface area contributed by atoms with E-state index < -0.39 is 5.60 Å². The molecule has 1 saturated heterocycles. The van der Waals surface area contributed by atoms with Gasteiger partial charge in [0.15, 0.2) is 0 Å². The number of benzene rings is 2. The van der Waals surface area contributed by atoms with Crippen LogP contribution in [0.2, 0.25) is 0 Å². The summed E-state index contributed by atoms with van der Waals surface area (Å²) in [6, 6.07) is 17.7. The Morgan fingerprint density at radius 2 is 1.50 bits per heavy atom. The first-order valence-corrected chi connectivity index (χ1v) is 13.0. The van der Waals surface area contributed by atoms with E-state index in [1.165, 1.54) is 10.5 Å². The molecule has 0 N–H and O–H groups in total. The first kappa shape index (κ1) is 24.5. The number of ether oxygens (including phenoxy) is 1. The van der Waals surface area contributed by atoms with Gasteiger partial charge in [-0.1, -0.05) is 42.5 Å². The topological polar surface area (TPSA) is 70.2 Å². The lowest BCUT2D eigenvalue weighted by atomic mass is 10.0. The van der Waals surface area contributed by atoms with Crippen molar-refractivity contribution in [1.82, 2.24) is 14.7 Å². The molecule has 2 atom stereocenters. The zero-order valence-corrected chi connectivity index (χ0v) is 21.4. The van der Waals surface area contributed by atoms with Crippen molar-refractivity contribution in [2.24, 2.45) is 0 Å². The number of carbonyl (C=O) groups excluding carboxylic acids is 3. The summed E-state index contributed by atoms with van der Waals surface area (Å²) in [5, 5.41) is 0. The van der Waals surface area contributed by atoms with E-state index in [-0.39, 0.29) is 30.0 Å². The molecule has 2 aromatic carbocycles. The quantitative estimate of drug-likeness (QED) is 0.557. The van der Waals surface area contributed by atoms with Gasteiger partial charge in [-0.3, -0.25) is 14.5 Å². The molecule has 5 rings (SSSR count). The number of amides is 3. The molecule has 2 aliphatic heterocycles. The van der Waals surface area contributed by atoms with Crippen LogP contribution in [0.25, 0.3) is 0 Å². The van der Waals surface area contributed by atoms with Crippen LogP contribution in [0, 0.1) is 0 Å². The Hall–Kier alpha value is -3.19. The van der Waals surface area contributed by atoms with Gasteiger partial charge < -0.3 is 14.5 Å². The Balaban J connectivity index is 1.19. The fourth-order valence-electron chi connectivity index (χ4n) is 5.52. The zero-order valence-electron chi connectivity index (χ0n) is 21.4. The molecule has 0 aromatic heterocycles. The third-order valence-corrected chi connectivity index (χ3v) is 7.41. The lowest BCUT2D eigenvalue weighted by Gasteiger charge is -2.39. The normalized spacial score (nSPS) is 22.5. The second kappa shape index (κ2) is 9.69. The maximum absolute atomic E-state index is 13.3. The second-order valence-electron chi connectivity index (χ2n) is 11.1. The highest BCUT2D eigenvalue weighted by Gasteiger charge is 2.49. The molecule has 3 aliphatic rings. The van der Waals surface area contributed by atoms with Gasteiger partial charge in [0.1, 0.15) is 5.60 Å². The van der Waals surface area contributed by atoms with E-state index in [1.807, 2.05) is 31.7 Å². The predicted molar refractivity (Wildman–Crippen MR) is 137 cm³/mol. The van der Waals surface area contributed by atoms with Crippen LogP contribution >= 0.6 is 0 Å². The van der Waals surface area contributed by atoms with Crippen LogP contribution in [0.15, 0.2) is 54.6 Å². The Morgan fingerprint density at radius 3 is 2.08 bits per heavy atom. The number of likely N-dealkylation sites (tertiary alicyclic amines) is 1. The van der Waals surface area contributed by atoms with E-state index in [1.54, 1.807) is 24.3 Å². The average molecular weight is 490 g/mol. The minimum atomic E-state index is -0.542. The summed E-state index contributed by atoms with van der Waals surface area (Å²) in [7, 11) is 0. The molecule has 1 saturated carbocycles. The van der Waals surface area contributed by atoms with Crippen molar-refractivity contribution < 1.29 is 19.1 Å². The highest BCUT2D eigenvalue weighted by molar-refractivity contribution is 6.21. The standard InChI is InChI=1S/C29H35N3O4/c1-29(2,3)36-28(35)32(25-19-24(25)20-9-5-4-6-10-20)21-13-15-30(16-14-21)17-18-31-26(33)22-11-7-8-12-23(22)27(31)34/h4-12,21,24-25H,13-19H2,1-3H3/t24-,25+/m0/s1. The number of hydrogen-bond donors (Lipinski definition) is 0. The van der Waals surface area contributed by atoms with Gasteiger partial charge in [-0.2, -0.15) is 0 Å². The fourth-order valence-corrected chi connectivity index (χ4v) is 5.52. The summed E-state index contributed by atoms with van der Waals surface area (Å²) in [5.41, 5.74) is 1.71. The Bertz CT molecular complexity index is 1100. The molecule has 2 heterocycles. The molecular formula is C29H35N3O4. The van der Waals surface area contributed by atoms with E-state index in [9.17, 15) is 14.4 Å². The molecule has 0 radical (unpaired) electrons. The van der Waals surface area contributed by atoms with Crippen molar-refractivity contribution in [3.8, 4) is 0 Å². The van der Waals surface area contributed by atoms with Crippen molar-refractivity contribution >= 4 is 17.9 Å². The smallest absolute Gasteiger partial charge is 0.410 e. The first-order valence-electron chi connectivity index (χ1n) is 13.0. The minimum Gasteiger partial charge on any atom is -0.444 e. The fraction of sp³-hybridized carbons (Fsp3) is 0.483. The monoisotopic (exact) mass is 489 g/mol. The van der Waals surface area contributed by atoms with Crippen LogP contribution in [-0.2, 0) is 4.74 Å². The molecule has 190 valence electrons. The summed E-state index contributed by atoms with van der Waals surface area (Å²) in [5.74, 6) is -0.0601. The van der Waals surface area contributed by atoms with Gasteiger partial charge in [0, 0.05) is 44.2 Å². The van der Waals surface area contributed by atoms with Crippen molar-refractivity contribution in [2.75, 3.05) is 26.2 Å². The molecular weight excluding hydrogens is 454 g/mol. The van der Waals surface area contributed by atoms with Gasteiger partial charge in [0.25, 0.3) is 11.8 Å². The Labute approximate surface area is 213 Å². The summed E-state index contributed by atoms with van der Waals surface area (Å²) >= 11 is 0. The van der Waals surface area contributed by atoms with Gasteiger partial charge in [-0.05, 0) is 57.7 Å². The molecule has 0 unspecified atom stereocenters. The largest absolute Gasteiger partial charge is 0.444 e. The molecule has 1 aliphatic carbocycles. The molecule has 36 heavy (non-hydrogen) atoms. The van der Waals surface area contributed by atoms with Gasteiger partial charge >= 0.3 is 6.09 Å². The van der Waals surface area contributed by atoms with Crippen molar-refractivity contribution in [3.05, 3.63) is 71.3 Å². The van der Waals surface area contributed by atoms with Crippen LogP contribution in [0.3, 0.4) is 0 Å². The van der Waals surface area contributed by atoms with Gasteiger partial charge in [0.2, 0.25) is 0 Å². The van der Waals surface area contributed by atoms with Gasteiger partial charge in [0.05, 0.1) is 11.1 Å². The molecule has 2 fully saturated rings. The number of piperidine rings is 1.